The molecular weight excluding hydrogens is 189 g/mol. The molecule has 0 saturated heterocycles. The van der Waals surface area contributed by atoms with E-state index in [1.54, 1.807) is 0 Å². The lowest BCUT2D eigenvalue weighted by molar-refractivity contribution is 0.0563. The van der Waals surface area contributed by atoms with Gasteiger partial charge in [0.15, 0.2) is 0 Å². The molecule has 0 aromatic carbocycles. The molecular formula is C6H9F2O3P. The number of halogens is 2. The third-order valence-electron chi connectivity index (χ3n) is 0.788. The summed E-state index contributed by atoms with van der Waals surface area (Å²) in [5.74, 6) is 0. The highest BCUT2D eigenvalue weighted by Crippen LogP contribution is 2.29. The minimum absolute atomic E-state index is 0.771. The van der Waals surface area contributed by atoms with Crippen molar-refractivity contribution in [2.45, 2.75) is 12.7 Å². The van der Waals surface area contributed by atoms with Gasteiger partial charge in [0.25, 0.3) is 0 Å². The maximum Gasteiger partial charge on any atom is 0.324 e. The zero-order valence-electron chi connectivity index (χ0n) is 6.20. The first kappa shape index (κ1) is 11.5. The SMILES string of the molecule is C=CC(F)O[PH](=O)OC(F)C=C. The van der Waals surface area contributed by atoms with E-state index in [-0.39, 0.29) is 0 Å². The maximum absolute atomic E-state index is 12.2. The largest absolute Gasteiger partial charge is 0.324 e. The van der Waals surface area contributed by atoms with Crippen LogP contribution in [0.25, 0.3) is 0 Å². The fourth-order valence-corrected chi connectivity index (χ4v) is 0.924. The van der Waals surface area contributed by atoms with Crippen LogP contribution in [0.1, 0.15) is 0 Å². The molecule has 0 fully saturated rings. The molecule has 3 nitrogen and oxygen atoms in total. The van der Waals surface area contributed by atoms with Gasteiger partial charge in [0.05, 0.1) is 0 Å². The topological polar surface area (TPSA) is 35.5 Å². The molecule has 0 bridgehead atoms. The van der Waals surface area contributed by atoms with Gasteiger partial charge in [-0.25, -0.2) is 8.78 Å². The van der Waals surface area contributed by atoms with Gasteiger partial charge in [-0.15, -0.1) is 0 Å². The van der Waals surface area contributed by atoms with Crippen molar-refractivity contribution in [2.24, 2.45) is 0 Å². The van der Waals surface area contributed by atoms with Crippen molar-refractivity contribution in [3.05, 3.63) is 25.3 Å². The standard InChI is InChI=1S/C6H9F2O3P/c1-3-5(7)10-12(9)11-6(8)4-2/h3-6,12H,1-2H2. The lowest BCUT2D eigenvalue weighted by atomic mass is 10.7. The number of hydrogen-bond acceptors (Lipinski definition) is 3. The van der Waals surface area contributed by atoms with E-state index in [4.69, 9.17) is 0 Å². The molecule has 2 atom stereocenters. The Kier molecular flexibility index (Phi) is 5.80. The summed E-state index contributed by atoms with van der Waals surface area (Å²) < 4.78 is 43.0. The summed E-state index contributed by atoms with van der Waals surface area (Å²) in [6.45, 7) is 6.04. The molecule has 0 heterocycles. The summed E-state index contributed by atoms with van der Waals surface area (Å²) in [4.78, 5) is 0. The third-order valence-corrected chi connectivity index (χ3v) is 1.62. The van der Waals surface area contributed by atoms with E-state index in [9.17, 15) is 13.3 Å². The van der Waals surface area contributed by atoms with E-state index < -0.39 is 21.0 Å². The van der Waals surface area contributed by atoms with E-state index in [0.717, 1.165) is 12.2 Å². The molecule has 0 amide bonds. The van der Waals surface area contributed by atoms with Crippen LogP contribution in [0.3, 0.4) is 0 Å². The Morgan fingerprint density at radius 1 is 1.17 bits per heavy atom. The predicted octanol–water partition coefficient (Wildman–Crippen LogP) is 2.37. The lowest BCUT2D eigenvalue weighted by Gasteiger charge is -2.06. The molecule has 0 aliphatic carbocycles. The highest BCUT2D eigenvalue weighted by atomic mass is 31.1. The minimum Gasteiger partial charge on any atom is -0.271 e. The quantitative estimate of drug-likeness (QED) is 0.485. The Bertz CT molecular complexity index is 168. The Labute approximate surface area is 69.6 Å². The molecule has 0 N–H and O–H groups in total. The number of hydrogen-bond donors (Lipinski definition) is 0. The van der Waals surface area contributed by atoms with Gasteiger partial charge in [-0.3, -0.25) is 13.6 Å². The van der Waals surface area contributed by atoms with Crippen LogP contribution in [-0.2, 0) is 13.6 Å². The van der Waals surface area contributed by atoms with Gasteiger partial charge in [-0.05, 0) is 12.2 Å². The highest BCUT2D eigenvalue weighted by molar-refractivity contribution is 7.33. The van der Waals surface area contributed by atoms with Crippen LogP contribution in [0.4, 0.5) is 8.78 Å². The zero-order chi connectivity index (χ0) is 9.56. The van der Waals surface area contributed by atoms with Crippen LogP contribution in [0.5, 0.6) is 0 Å². The molecule has 70 valence electrons. The van der Waals surface area contributed by atoms with Crippen LogP contribution in [0, 0.1) is 0 Å². The van der Waals surface area contributed by atoms with Crippen molar-refractivity contribution in [1.29, 1.82) is 0 Å². The second kappa shape index (κ2) is 6.06. The first-order chi connectivity index (χ1) is 5.60. The van der Waals surface area contributed by atoms with Crippen molar-refractivity contribution < 1.29 is 22.4 Å². The maximum atomic E-state index is 12.2. The zero-order valence-corrected chi connectivity index (χ0v) is 7.20. The van der Waals surface area contributed by atoms with Gasteiger partial charge in [0, 0.05) is 0 Å². The molecule has 0 spiro atoms. The Morgan fingerprint density at radius 2 is 1.50 bits per heavy atom. The van der Waals surface area contributed by atoms with Crippen molar-refractivity contribution in [3.8, 4) is 0 Å². The average Bonchev–Trinajstić information content (AvgIpc) is 2.03. The van der Waals surface area contributed by atoms with Crippen LogP contribution in [0.15, 0.2) is 25.3 Å². The molecule has 0 aliphatic rings. The molecule has 0 aromatic rings. The van der Waals surface area contributed by atoms with Crippen LogP contribution in [0.2, 0.25) is 0 Å². The molecule has 12 heavy (non-hydrogen) atoms. The summed E-state index contributed by atoms with van der Waals surface area (Å²) in [6.07, 6.45) is -2.28. The number of rotatable bonds is 6. The van der Waals surface area contributed by atoms with Crippen molar-refractivity contribution >= 4 is 8.25 Å². The van der Waals surface area contributed by atoms with Crippen LogP contribution in [-0.4, -0.2) is 12.7 Å². The highest BCUT2D eigenvalue weighted by Gasteiger charge is 2.11. The molecule has 0 rings (SSSR count). The average molecular weight is 198 g/mol. The first-order valence-electron chi connectivity index (χ1n) is 3.00. The molecule has 6 heteroatoms. The van der Waals surface area contributed by atoms with E-state index in [2.05, 4.69) is 22.2 Å². The van der Waals surface area contributed by atoms with Gasteiger partial charge in [-0.1, -0.05) is 13.2 Å². The van der Waals surface area contributed by atoms with Gasteiger partial charge < -0.3 is 0 Å². The third kappa shape index (κ3) is 5.18. The van der Waals surface area contributed by atoms with Crippen molar-refractivity contribution in [2.75, 3.05) is 0 Å². The predicted molar refractivity (Wildman–Crippen MR) is 41.4 cm³/mol. The fraction of sp³-hybridized carbons (Fsp3) is 0.333. The summed E-state index contributed by atoms with van der Waals surface area (Å²) in [5.41, 5.74) is 0. The molecule has 0 radical (unpaired) electrons. The second-order valence-corrected chi connectivity index (χ2v) is 2.63. The van der Waals surface area contributed by atoms with Crippen LogP contribution >= 0.6 is 8.25 Å². The van der Waals surface area contributed by atoms with Gasteiger partial charge in [0.1, 0.15) is 0 Å². The Morgan fingerprint density at radius 3 is 1.75 bits per heavy atom. The Balaban J connectivity index is 3.73. The molecule has 0 saturated carbocycles. The first-order valence-corrected chi connectivity index (χ1v) is 4.23. The monoisotopic (exact) mass is 198 g/mol. The van der Waals surface area contributed by atoms with Gasteiger partial charge >= 0.3 is 8.25 Å². The van der Waals surface area contributed by atoms with Crippen LogP contribution < -0.4 is 0 Å². The smallest absolute Gasteiger partial charge is 0.271 e. The molecule has 2 unspecified atom stereocenters. The van der Waals surface area contributed by atoms with E-state index in [1.165, 1.54) is 0 Å². The second-order valence-electron chi connectivity index (χ2n) is 1.66. The normalized spacial score (nSPS) is 17.8. The van der Waals surface area contributed by atoms with Gasteiger partial charge in [-0.2, -0.15) is 0 Å². The molecule has 0 aliphatic heterocycles. The summed E-state index contributed by atoms with van der Waals surface area (Å²) in [6, 6.07) is 0. The summed E-state index contributed by atoms with van der Waals surface area (Å²) in [5, 5.41) is 0. The van der Waals surface area contributed by atoms with Gasteiger partial charge in [0.2, 0.25) is 12.7 Å². The fourth-order valence-electron chi connectivity index (χ4n) is 0.308. The van der Waals surface area contributed by atoms with E-state index >= 15 is 0 Å². The minimum atomic E-state index is -3.15. The van der Waals surface area contributed by atoms with Crippen molar-refractivity contribution in [3.63, 3.8) is 0 Å². The summed E-state index contributed by atoms with van der Waals surface area (Å²) in [7, 11) is -3.15. The molecule has 0 aromatic heterocycles. The lowest BCUT2D eigenvalue weighted by Crippen LogP contribution is -2.00. The van der Waals surface area contributed by atoms with Crippen molar-refractivity contribution in [1.82, 2.24) is 0 Å². The summed E-state index contributed by atoms with van der Waals surface area (Å²) >= 11 is 0. The number of alkyl halides is 2. The van der Waals surface area contributed by atoms with E-state index in [1.807, 2.05) is 0 Å². The Hall–Kier alpha value is -0.510. The van der Waals surface area contributed by atoms with E-state index in [0.29, 0.717) is 0 Å².